The van der Waals surface area contributed by atoms with Crippen molar-refractivity contribution in [2.75, 3.05) is 31.1 Å². The molecule has 3 N–H and O–H groups in total. The van der Waals surface area contributed by atoms with Crippen LogP contribution in [0.5, 0.6) is 0 Å². The molecule has 0 aliphatic carbocycles. The molecule has 1 atom stereocenters. The van der Waals surface area contributed by atoms with Crippen LogP contribution in [0.4, 0.5) is 5.69 Å². The van der Waals surface area contributed by atoms with Gasteiger partial charge in [-0.05, 0) is 45.4 Å². The van der Waals surface area contributed by atoms with Crippen molar-refractivity contribution in [1.82, 2.24) is 10.2 Å². The summed E-state index contributed by atoms with van der Waals surface area (Å²) < 4.78 is 5.24. The van der Waals surface area contributed by atoms with Crippen molar-refractivity contribution in [3.05, 3.63) is 29.3 Å². The number of nitrogens with zero attached hydrogens (tertiary/aromatic N) is 2. The molecule has 1 saturated heterocycles. The average Bonchev–Trinajstić information content (AvgIpc) is 2.92. The Morgan fingerprint density at radius 1 is 1.13 bits per heavy atom. The zero-order chi connectivity index (χ0) is 22.1. The highest BCUT2D eigenvalue weighted by Gasteiger charge is 2.42. The highest BCUT2D eigenvalue weighted by atomic mass is 16.6. The number of rotatable bonds is 6. The van der Waals surface area contributed by atoms with E-state index in [1.165, 1.54) is 0 Å². The van der Waals surface area contributed by atoms with Crippen LogP contribution < -0.4 is 16.0 Å². The lowest BCUT2D eigenvalue weighted by molar-refractivity contribution is -0.155. The van der Waals surface area contributed by atoms with Gasteiger partial charge in [-0.15, -0.1) is 0 Å². The third-order valence-corrected chi connectivity index (χ3v) is 5.07. The number of imide groups is 1. The van der Waals surface area contributed by atoms with Crippen LogP contribution in [0, 0.1) is 0 Å². The molecule has 9 nitrogen and oxygen atoms in total. The Hall–Kier alpha value is -2.94. The highest BCUT2D eigenvalue weighted by molar-refractivity contribution is 6.23. The number of carbonyl (C=O) groups excluding carboxylic acids is 4. The largest absolute Gasteiger partial charge is 0.460 e. The molecule has 0 unspecified atom stereocenters. The van der Waals surface area contributed by atoms with E-state index in [0.29, 0.717) is 0 Å². The standard InChI is InChI=1S/C21H28N4O5/c1-21(2,3)30-17(26)7-6-16(18(22)27)25-19(28)14-5-4-13(12-15(14)20(25)29)24-10-8-23-9-11-24/h4-5,12,16,23H,6-11H2,1-3H3,(H2,22,27)/t16-/m0/s1. The summed E-state index contributed by atoms with van der Waals surface area (Å²) in [6.45, 7) is 8.47. The first-order valence-electron chi connectivity index (χ1n) is 10.1. The molecule has 2 aliphatic rings. The Labute approximate surface area is 175 Å². The molecule has 0 saturated carbocycles. The Balaban J connectivity index is 1.78. The first-order valence-corrected chi connectivity index (χ1v) is 10.1. The minimum Gasteiger partial charge on any atom is -0.460 e. The second-order valence-corrected chi connectivity index (χ2v) is 8.49. The summed E-state index contributed by atoms with van der Waals surface area (Å²) in [4.78, 5) is 53.0. The number of fused-ring (bicyclic) bond motifs is 1. The van der Waals surface area contributed by atoms with E-state index in [1.54, 1.807) is 39.0 Å². The number of ether oxygens (including phenoxy) is 1. The number of amides is 3. The minimum atomic E-state index is -1.22. The van der Waals surface area contributed by atoms with Crippen molar-refractivity contribution in [3.63, 3.8) is 0 Å². The summed E-state index contributed by atoms with van der Waals surface area (Å²) in [5.41, 5.74) is 6.15. The number of primary amides is 1. The maximum absolute atomic E-state index is 13.0. The van der Waals surface area contributed by atoms with Gasteiger partial charge in [-0.25, -0.2) is 0 Å². The smallest absolute Gasteiger partial charge is 0.306 e. The summed E-state index contributed by atoms with van der Waals surface area (Å²) >= 11 is 0. The molecule has 1 aromatic carbocycles. The summed E-state index contributed by atoms with van der Waals surface area (Å²) in [7, 11) is 0. The van der Waals surface area contributed by atoms with Crippen LogP contribution in [0.2, 0.25) is 0 Å². The highest BCUT2D eigenvalue weighted by Crippen LogP contribution is 2.30. The van der Waals surface area contributed by atoms with Crippen molar-refractivity contribution in [2.45, 2.75) is 45.3 Å². The van der Waals surface area contributed by atoms with Crippen molar-refractivity contribution in [3.8, 4) is 0 Å². The second-order valence-electron chi connectivity index (χ2n) is 8.49. The molecule has 9 heteroatoms. The first kappa shape index (κ1) is 21.8. The number of carbonyl (C=O) groups is 4. The molecule has 0 bridgehead atoms. The third-order valence-electron chi connectivity index (χ3n) is 5.07. The number of piperazine rings is 1. The molecule has 0 spiro atoms. The molecule has 1 fully saturated rings. The quantitative estimate of drug-likeness (QED) is 0.516. The number of hydrogen-bond donors (Lipinski definition) is 2. The van der Waals surface area contributed by atoms with Gasteiger partial charge in [-0.2, -0.15) is 0 Å². The van der Waals surface area contributed by atoms with Crippen molar-refractivity contribution in [2.24, 2.45) is 5.73 Å². The Kier molecular flexibility index (Phi) is 6.12. The second kappa shape index (κ2) is 8.43. The van der Waals surface area contributed by atoms with Crippen LogP contribution in [0.1, 0.15) is 54.3 Å². The van der Waals surface area contributed by atoms with Gasteiger partial charge >= 0.3 is 5.97 Å². The van der Waals surface area contributed by atoms with E-state index < -0.39 is 35.3 Å². The number of esters is 1. The van der Waals surface area contributed by atoms with E-state index >= 15 is 0 Å². The topological polar surface area (TPSA) is 122 Å². The van der Waals surface area contributed by atoms with Gasteiger partial charge in [-0.3, -0.25) is 24.1 Å². The van der Waals surface area contributed by atoms with Crippen LogP contribution in [-0.2, 0) is 14.3 Å². The lowest BCUT2D eigenvalue weighted by atomic mass is 10.1. The van der Waals surface area contributed by atoms with Gasteiger partial charge in [0, 0.05) is 38.3 Å². The maximum atomic E-state index is 13.0. The molecule has 2 aliphatic heterocycles. The molecule has 0 aromatic heterocycles. The van der Waals surface area contributed by atoms with E-state index in [9.17, 15) is 19.2 Å². The third kappa shape index (κ3) is 4.62. The number of benzene rings is 1. The van der Waals surface area contributed by atoms with Crippen LogP contribution in [0.15, 0.2) is 18.2 Å². The molecule has 162 valence electrons. The van der Waals surface area contributed by atoms with Crippen LogP contribution in [-0.4, -0.2) is 66.4 Å². The van der Waals surface area contributed by atoms with Gasteiger partial charge in [0.05, 0.1) is 11.1 Å². The fourth-order valence-electron chi connectivity index (χ4n) is 3.70. The number of nitrogens with two attached hydrogens (primary N) is 1. The van der Waals surface area contributed by atoms with Crippen LogP contribution in [0.3, 0.4) is 0 Å². The Morgan fingerprint density at radius 3 is 2.37 bits per heavy atom. The summed E-state index contributed by atoms with van der Waals surface area (Å²) in [6, 6.07) is 3.89. The molecular weight excluding hydrogens is 388 g/mol. The minimum absolute atomic E-state index is 0.0830. The van der Waals surface area contributed by atoms with Crippen molar-refractivity contribution >= 4 is 29.4 Å². The van der Waals surface area contributed by atoms with E-state index in [2.05, 4.69) is 10.2 Å². The van der Waals surface area contributed by atoms with Gasteiger partial charge in [0.2, 0.25) is 5.91 Å². The van der Waals surface area contributed by atoms with Gasteiger partial charge in [0.1, 0.15) is 11.6 Å². The lowest BCUT2D eigenvalue weighted by Crippen LogP contribution is -2.48. The predicted octanol–water partition coefficient (Wildman–Crippen LogP) is 0.668. The van der Waals surface area contributed by atoms with Gasteiger partial charge in [0.15, 0.2) is 0 Å². The zero-order valence-electron chi connectivity index (χ0n) is 17.6. The summed E-state index contributed by atoms with van der Waals surface area (Å²) in [5.74, 6) is -2.50. The lowest BCUT2D eigenvalue weighted by Gasteiger charge is -2.29. The number of anilines is 1. The van der Waals surface area contributed by atoms with E-state index in [-0.39, 0.29) is 24.0 Å². The zero-order valence-corrected chi connectivity index (χ0v) is 17.6. The molecular formula is C21H28N4O5. The molecule has 2 heterocycles. The number of nitrogens with one attached hydrogen (secondary N) is 1. The number of hydrogen-bond acceptors (Lipinski definition) is 7. The maximum Gasteiger partial charge on any atom is 0.306 e. The molecule has 0 radical (unpaired) electrons. The predicted molar refractivity (Wildman–Crippen MR) is 110 cm³/mol. The van der Waals surface area contributed by atoms with E-state index in [0.717, 1.165) is 36.8 Å². The molecule has 30 heavy (non-hydrogen) atoms. The molecule has 3 rings (SSSR count). The van der Waals surface area contributed by atoms with E-state index in [1.807, 2.05) is 0 Å². The summed E-state index contributed by atoms with van der Waals surface area (Å²) in [6.07, 6.45) is -0.218. The van der Waals surface area contributed by atoms with Crippen molar-refractivity contribution < 1.29 is 23.9 Å². The average molecular weight is 416 g/mol. The monoisotopic (exact) mass is 416 g/mol. The normalized spacial score (nSPS) is 17.7. The van der Waals surface area contributed by atoms with Gasteiger partial charge in [0.25, 0.3) is 11.8 Å². The van der Waals surface area contributed by atoms with E-state index in [4.69, 9.17) is 10.5 Å². The SMILES string of the molecule is CC(C)(C)OC(=O)CC[C@@H](C(N)=O)N1C(=O)c2ccc(N3CCNCC3)cc2C1=O. The molecule has 3 amide bonds. The van der Waals surface area contributed by atoms with Gasteiger partial charge in [-0.1, -0.05) is 0 Å². The first-order chi connectivity index (χ1) is 14.1. The van der Waals surface area contributed by atoms with Crippen LogP contribution >= 0.6 is 0 Å². The fraction of sp³-hybridized carbons (Fsp3) is 0.524. The van der Waals surface area contributed by atoms with Crippen LogP contribution in [0.25, 0.3) is 0 Å². The van der Waals surface area contributed by atoms with Gasteiger partial charge < -0.3 is 20.7 Å². The van der Waals surface area contributed by atoms with Crippen molar-refractivity contribution in [1.29, 1.82) is 0 Å². The fourth-order valence-corrected chi connectivity index (χ4v) is 3.70. The Bertz CT molecular complexity index is 871. The molecule has 1 aromatic rings. The Morgan fingerprint density at radius 2 is 1.77 bits per heavy atom. The summed E-state index contributed by atoms with van der Waals surface area (Å²) in [5, 5.41) is 3.26.